The molecule has 2 heterocycles. The first kappa shape index (κ1) is 27.8. The second kappa shape index (κ2) is 11.7. The number of nitrogens with one attached hydrogen (secondary N) is 2. The Kier molecular flexibility index (Phi) is 8.79. The van der Waals surface area contributed by atoms with Gasteiger partial charge in [0.05, 0.1) is 0 Å². The van der Waals surface area contributed by atoms with Crippen molar-refractivity contribution in [3.8, 4) is 11.3 Å². The molecule has 0 saturated carbocycles. The molecule has 1 fully saturated rings. The van der Waals surface area contributed by atoms with Crippen LogP contribution in [0, 0.1) is 0 Å². The van der Waals surface area contributed by atoms with Crippen LogP contribution in [0.5, 0.6) is 0 Å². The Balaban J connectivity index is 1.52. The van der Waals surface area contributed by atoms with Crippen molar-refractivity contribution >= 4 is 49.9 Å². The van der Waals surface area contributed by atoms with E-state index in [0.29, 0.717) is 27.8 Å². The zero-order valence-corrected chi connectivity index (χ0v) is 23.9. The van der Waals surface area contributed by atoms with Crippen LogP contribution >= 0.6 is 0 Å². The third-order valence-corrected chi connectivity index (χ3v) is 12.7. The van der Waals surface area contributed by atoms with E-state index in [4.69, 9.17) is 0 Å². The van der Waals surface area contributed by atoms with Gasteiger partial charge in [0.1, 0.15) is 0 Å². The summed E-state index contributed by atoms with van der Waals surface area (Å²) in [6.07, 6.45) is -1.39. The molecular weight excluding hydrogens is 631 g/mol. The summed E-state index contributed by atoms with van der Waals surface area (Å²) in [4.78, 5) is 20.9. The van der Waals surface area contributed by atoms with Crippen LogP contribution in [0.1, 0.15) is 34.5 Å². The Hall–Kier alpha value is -2.19. The summed E-state index contributed by atoms with van der Waals surface area (Å²) >= 11 is 0.709. The van der Waals surface area contributed by atoms with E-state index in [9.17, 15) is 26.4 Å². The fourth-order valence-electron chi connectivity index (χ4n) is 3.89. The van der Waals surface area contributed by atoms with Crippen LogP contribution in [0.3, 0.4) is 0 Å². The summed E-state index contributed by atoms with van der Waals surface area (Å²) in [6, 6.07) is 11.2. The molecule has 7 nitrogen and oxygen atoms in total. The van der Waals surface area contributed by atoms with Gasteiger partial charge in [-0.25, -0.2) is 0 Å². The predicted octanol–water partition coefficient (Wildman–Crippen LogP) is 2.03. The third kappa shape index (κ3) is 7.02. The van der Waals surface area contributed by atoms with E-state index in [-0.39, 0.29) is 22.9 Å². The Labute approximate surface area is 227 Å². The summed E-state index contributed by atoms with van der Waals surface area (Å²) in [5.74, 6) is -0.325. The zero-order chi connectivity index (χ0) is 26.6. The maximum atomic E-state index is 13.3. The molecule has 1 amide bonds. The number of aromatic nitrogens is 2. The van der Waals surface area contributed by atoms with Gasteiger partial charge < -0.3 is 0 Å². The molecule has 13 heteroatoms. The summed E-state index contributed by atoms with van der Waals surface area (Å²) < 4.78 is 66.1. The number of alkyl halides is 3. The molecule has 1 aromatic heterocycles. The molecular formula is C24H22As2F3N4O3S. The fourth-order valence-corrected chi connectivity index (χ4v) is 9.79. The van der Waals surface area contributed by atoms with Crippen LogP contribution in [-0.2, 0) is 19.5 Å². The minimum atomic E-state index is -4.76. The Morgan fingerprint density at radius 2 is 1.97 bits per heavy atom. The summed E-state index contributed by atoms with van der Waals surface area (Å²) in [7, 11) is -4.10. The fraction of sp³-hybridized carbons (Fsp3) is 0.292. The quantitative estimate of drug-likeness (QED) is 0.379. The van der Waals surface area contributed by atoms with E-state index in [0.717, 1.165) is 31.5 Å². The molecule has 2 N–H and O–H groups in total. The van der Waals surface area contributed by atoms with Crippen LogP contribution in [0.2, 0.25) is 0 Å². The van der Waals surface area contributed by atoms with E-state index in [1.54, 1.807) is 24.3 Å². The Bertz CT molecular complexity index is 1400. The predicted molar refractivity (Wildman–Crippen MR) is 134 cm³/mol. The topological polar surface area (TPSA) is 101 Å². The van der Waals surface area contributed by atoms with Crippen molar-refractivity contribution in [2.24, 2.45) is 0 Å². The van der Waals surface area contributed by atoms with Crippen molar-refractivity contribution in [3.63, 3.8) is 0 Å². The number of hydrogen-bond acceptors (Lipinski definition) is 6. The Morgan fingerprint density at radius 3 is 2.70 bits per heavy atom. The minimum absolute atomic E-state index is 0.00899. The summed E-state index contributed by atoms with van der Waals surface area (Å²) in [5.41, 5.74) is 0.738. The molecule has 4 rings (SSSR count). The number of carbonyl (C=O) groups excluding carboxylic acids is 1. The third-order valence-electron chi connectivity index (χ3n) is 5.71. The van der Waals surface area contributed by atoms with Crippen LogP contribution < -0.4 is 15.1 Å². The average Bonchev–Trinajstić information content (AvgIpc) is 2.88. The standard InChI is InChI=1S/C24H22As2F3N4O3S/c25-22-21(23(34)32-17-7-4-10-30-13-17)33-19(14-31-22)16-6-3-5-15(11-16)12-26-37(35,36)20-9-2-1-8-18(20)24(27,28)29/h1-3,5-6,8-9,11,14,17,30H,4,7,10,12-13H2,(H,32,34)/t17-/m0/s1. The van der Waals surface area contributed by atoms with E-state index >= 15 is 0 Å². The van der Waals surface area contributed by atoms with Crippen molar-refractivity contribution in [3.05, 3.63) is 71.5 Å². The van der Waals surface area contributed by atoms with Gasteiger partial charge in [0.25, 0.3) is 0 Å². The first-order valence-electron chi connectivity index (χ1n) is 11.3. The second-order valence-electron chi connectivity index (χ2n) is 8.40. The first-order chi connectivity index (χ1) is 17.5. The number of benzene rings is 2. The van der Waals surface area contributed by atoms with Gasteiger partial charge in [0.2, 0.25) is 0 Å². The van der Waals surface area contributed by atoms with Crippen LogP contribution in [0.4, 0.5) is 13.2 Å². The van der Waals surface area contributed by atoms with Gasteiger partial charge in [-0.05, 0) is 0 Å². The molecule has 1 atom stereocenters. The molecule has 0 unspecified atom stereocenters. The van der Waals surface area contributed by atoms with Crippen LogP contribution in [0.25, 0.3) is 11.3 Å². The number of halogens is 3. The van der Waals surface area contributed by atoms with Gasteiger partial charge in [-0.2, -0.15) is 0 Å². The van der Waals surface area contributed by atoms with Crippen molar-refractivity contribution in [1.29, 1.82) is 0 Å². The molecule has 1 saturated heterocycles. The molecule has 0 aliphatic carbocycles. The van der Waals surface area contributed by atoms with E-state index in [2.05, 4.69) is 37.5 Å². The molecule has 1 aliphatic heterocycles. The molecule has 0 bridgehead atoms. The van der Waals surface area contributed by atoms with Gasteiger partial charge >= 0.3 is 228 Å². The maximum absolute atomic E-state index is 13.3. The van der Waals surface area contributed by atoms with Gasteiger partial charge in [-0.15, -0.1) is 0 Å². The number of carbonyl (C=O) groups is 1. The SMILES string of the molecule is O=C(N[C@H]1CCCNC1)c1nc(-c2cccc(C[As]S(=O)(=O)c3ccccc3C(F)(F)F)c2)cnc1[As]. The van der Waals surface area contributed by atoms with E-state index < -0.39 is 39.3 Å². The first-order valence-corrected chi connectivity index (χ1v) is 17.3. The van der Waals surface area contributed by atoms with Crippen molar-refractivity contribution < 1.29 is 26.4 Å². The molecule has 3 aromatic rings. The monoisotopic (exact) mass is 653 g/mol. The summed E-state index contributed by atoms with van der Waals surface area (Å²) in [5, 5.41) is 6.31. The average molecular weight is 653 g/mol. The van der Waals surface area contributed by atoms with Crippen LogP contribution in [-0.4, -0.2) is 74.9 Å². The number of hydrogen-bond donors (Lipinski definition) is 2. The van der Waals surface area contributed by atoms with Crippen LogP contribution in [0.15, 0.2) is 59.6 Å². The van der Waals surface area contributed by atoms with Gasteiger partial charge in [0, 0.05) is 0 Å². The van der Waals surface area contributed by atoms with Crippen molar-refractivity contribution in [2.45, 2.75) is 35.2 Å². The second-order valence-corrected chi connectivity index (χ2v) is 16.3. The van der Waals surface area contributed by atoms with Gasteiger partial charge in [-0.1, -0.05) is 0 Å². The number of nitrogens with zero attached hydrogens (tertiary/aromatic N) is 2. The molecule has 37 heavy (non-hydrogen) atoms. The Morgan fingerprint density at radius 1 is 1.19 bits per heavy atom. The van der Waals surface area contributed by atoms with E-state index in [1.165, 1.54) is 18.3 Å². The molecule has 0 spiro atoms. The van der Waals surface area contributed by atoms with Gasteiger partial charge in [-0.3, -0.25) is 0 Å². The van der Waals surface area contributed by atoms with Crippen molar-refractivity contribution in [2.75, 3.05) is 13.1 Å². The van der Waals surface area contributed by atoms with Gasteiger partial charge in [0.15, 0.2) is 0 Å². The van der Waals surface area contributed by atoms with Crippen molar-refractivity contribution in [1.82, 2.24) is 20.6 Å². The zero-order valence-electron chi connectivity index (χ0n) is 19.4. The molecule has 1 aliphatic rings. The number of piperidine rings is 1. The normalized spacial score (nSPS) is 16.7. The molecule has 193 valence electrons. The summed E-state index contributed by atoms with van der Waals surface area (Å²) in [6.45, 7) is 1.61. The molecule has 2 aromatic carbocycles. The van der Waals surface area contributed by atoms with E-state index in [1.807, 2.05) is 0 Å². The number of amides is 1. The molecule has 3 radical (unpaired) electrons. The number of rotatable bonds is 7.